The number of nitrogens with zero attached hydrogens (tertiary/aromatic N) is 5. The molecule has 0 unspecified atom stereocenters. The number of aryl methyl sites for hydroxylation is 1. The van der Waals surface area contributed by atoms with Crippen LogP contribution in [0.4, 0.5) is 0 Å². The van der Waals surface area contributed by atoms with Crippen LogP contribution in [0.2, 0.25) is 0 Å². The lowest BCUT2D eigenvalue weighted by molar-refractivity contribution is 0.879. The van der Waals surface area contributed by atoms with Gasteiger partial charge in [0.15, 0.2) is 0 Å². The molecule has 0 radical (unpaired) electrons. The molecule has 0 aliphatic carbocycles. The van der Waals surface area contributed by atoms with E-state index in [-0.39, 0.29) is 0 Å². The number of rotatable bonds is 4. The molecule has 4 heterocycles. The summed E-state index contributed by atoms with van der Waals surface area (Å²) in [4.78, 5) is 13.9. The Labute approximate surface area is 163 Å². The number of benzene rings is 1. The van der Waals surface area contributed by atoms with Gasteiger partial charge < -0.3 is 0 Å². The highest BCUT2D eigenvalue weighted by molar-refractivity contribution is 7.18. The number of para-hydroxylation sites is 1. The highest BCUT2D eigenvalue weighted by Gasteiger charge is 2.16. The topological polar surface area (TPSA) is 72.3 Å². The Kier molecular flexibility index (Phi) is 3.87. The van der Waals surface area contributed by atoms with E-state index in [2.05, 4.69) is 63.2 Å². The van der Waals surface area contributed by atoms with Crippen molar-refractivity contribution >= 4 is 32.9 Å². The van der Waals surface area contributed by atoms with Crippen LogP contribution in [0.5, 0.6) is 0 Å². The molecule has 4 aromatic heterocycles. The van der Waals surface area contributed by atoms with Gasteiger partial charge in [-0.3, -0.25) is 4.57 Å². The number of aromatic amines is 1. The highest BCUT2D eigenvalue weighted by Crippen LogP contribution is 2.31. The summed E-state index contributed by atoms with van der Waals surface area (Å²) in [7, 11) is 0. The lowest BCUT2D eigenvalue weighted by atomic mass is 10.2. The molecule has 5 rings (SSSR count). The zero-order valence-electron chi connectivity index (χ0n) is 14.8. The molecule has 27 heavy (non-hydrogen) atoms. The molecule has 0 spiro atoms. The van der Waals surface area contributed by atoms with Crippen molar-refractivity contribution in [1.29, 1.82) is 0 Å². The summed E-state index contributed by atoms with van der Waals surface area (Å²) in [6.45, 7) is 4.14. The van der Waals surface area contributed by atoms with Crippen molar-refractivity contribution in [3.63, 3.8) is 0 Å². The fourth-order valence-electron chi connectivity index (χ4n) is 3.30. The zero-order chi connectivity index (χ0) is 18.4. The van der Waals surface area contributed by atoms with Crippen molar-refractivity contribution in [2.24, 2.45) is 0 Å². The van der Waals surface area contributed by atoms with Gasteiger partial charge in [-0.05, 0) is 32.0 Å². The van der Waals surface area contributed by atoms with Gasteiger partial charge in [-0.2, -0.15) is 10.1 Å². The first kappa shape index (κ1) is 16.3. The second kappa shape index (κ2) is 6.40. The number of fused-ring (bicyclic) bond motifs is 1. The Hall–Kier alpha value is -2.84. The van der Waals surface area contributed by atoms with E-state index in [0.717, 1.165) is 50.5 Å². The molecule has 0 saturated carbocycles. The van der Waals surface area contributed by atoms with Crippen LogP contribution in [0.1, 0.15) is 21.4 Å². The molecule has 5 aromatic rings. The second-order valence-electron chi connectivity index (χ2n) is 6.31. The summed E-state index contributed by atoms with van der Waals surface area (Å²) in [5.41, 5.74) is 5.37. The summed E-state index contributed by atoms with van der Waals surface area (Å²) in [5.74, 6) is 0.723. The monoisotopic (exact) mass is 392 g/mol. The van der Waals surface area contributed by atoms with Crippen LogP contribution >= 0.6 is 22.7 Å². The summed E-state index contributed by atoms with van der Waals surface area (Å²) >= 11 is 3.42. The van der Waals surface area contributed by atoms with Gasteiger partial charge in [0.05, 0.1) is 22.3 Å². The van der Waals surface area contributed by atoms with Gasteiger partial charge in [-0.1, -0.05) is 12.1 Å². The molecule has 6 nitrogen and oxygen atoms in total. The average Bonchev–Trinajstić information content (AvgIpc) is 3.42. The van der Waals surface area contributed by atoms with Gasteiger partial charge in [-0.25, -0.2) is 15.1 Å². The third-order valence-corrected chi connectivity index (χ3v) is 6.40. The largest absolute Gasteiger partial charge is 0.287 e. The minimum Gasteiger partial charge on any atom is -0.287 e. The Morgan fingerprint density at radius 2 is 2.00 bits per heavy atom. The number of thiazole rings is 2. The Bertz CT molecular complexity index is 1200. The van der Waals surface area contributed by atoms with Gasteiger partial charge in [0, 0.05) is 22.3 Å². The van der Waals surface area contributed by atoms with E-state index < -0.39 is 0 Å². The molecule has 0 bridgehead atoms. The fraction of sp³-hybridized carbons (Fsp3) is 0.158. The normalized spacial score (nSPS) is 11.5. The summed E-state index contributed by atoms with van der Waals surface area (Å²) in [6, 6.07) is 10.4. The molecule has 1 N–H and O–H groups in total. The molecule has 0 saturated heterocycles. The lowest BCUT2D eigenvalue weighted by Gasteiger charge is -2.04. The molecule has 134 valence electrons. The first-order valence-electron chi connectivity index (χ1n) is 8.53. The predicted octanol–water partition coefficient (Wildman–Crippen LogP) is 4.54. The van der Waals surface area contributed by atoms with Crippen LogP contribution in [0.3, 0.4) is 0 Å². The van der Waals surface area contributed by atoms with Crippen molar-refractivity contribution in [3.8, 4) is 17.2 Å². The molecular weight excluding hydrogens is 376 g/mol. The molecule has 0 amide bonds. The van der Waals surface area contributed by atoms with Crippen LogP contribution in [-0.2, 0) is 6.42 Å². The number of aromatic nitrogens is 6. The molecule has 1 aromatic carbocycles. The van der Waals surface area contributed by atoms with Crippen LogP contribution in [0, 0.1) is 13.8 Å². The van der Waals surface area contributed by atoms with E-state index in [1.165, 1.54) is 11.0 Å². The molecule has 0 atom stereocenters. The van der Waals surface area contributed by atoms with E-state index in [0.29, 0.717) is 0 Å². The minimum absolute atomic E-state index is 0.723. The fourth-order valence-corrected chi connectivity index (χ4v) is 5.16. The second-order valence-corrected chi connectivity index (χ2v) is 8.37. The van der Waals surface area contributed by atoms with Crippen LogP contribution in [0.25, 0.3) is 27.4 Å². The van der Waals surface area contributed by atoms with Crippen molar-refractivity contribution in [2.75, 3.05) is 0 Å². The summed E-state index contributed by atoms with van der Waals surface area (Å²) < 4.78 is 3.29. The highest BCUT2D eigenvalue weighted by atomic mass is 32.1. The molecule has 0 aliphatic heterocycles. The SMILES string of the molecule is Cc1cc(-c2csc(Cc3nc4ccccc4s3)n2)c(C)n1-c1ncn[nH]1. The first-order valence-corrected chi connectivity index (χ1v) is 10.2. The molecular formula is C19H16N6S2. The van der Waals surface area contributed by atoms with Crippen molar-refractivity contribution in [2.45, 2.75) is 20.3 Å². The molecule has 8 heteroatoms. The van der Waals surface area contributed by atoms with E-state index in [9.17, 15) is 0 Å². The van der Waals surface area contributed by atoms with Gasteiger partial charge >= 0.3 is 0 Å². The van der Waals surface area contributed by atoms with Gasteiger partial charge in [0.25, 0.3) is 0 Å². The van der Waals surface area contributed by atoms with Crippen LogP contribution < -0.4 is 0 Å². The Balaban J connectivity index is 1.46. The van der Waals surface area contributed by atoms with E-state index in [1.54, 1.807) is 22.7 Å². The van der Waals surface area contributed by atoms with Crippen LogP contribution in [-0.4, -0.2) is 29.7 Å². The van der Waals surface area contributed by atoms with Crippen LogP contribution in [0.15, 0.2) is 42.0 Å². The number of nitrogens with one attached hydrogen (secondary N) is 1. The third kappa shape index (κ3) is 2.87. The lowest BCUT2D eigenvalue weighted by Crippen LogP contribution is -2.01. The maximum atomic E-state index is 4.87. The van der Waals surface area contributed by atoms with Gasteiger partial charge in [0.1, 0.15) is 16.3 Å². The number of hydrogen-bond donors (Lipinski definition) is 1. The average molecular weight is 393 g/mol. The molecule has 0 fully saturated rings. The predicted molar refractivity (Wildman–Crippen MR) is 109 cm³/mol. The van der Waals surface area contributed by atoms with Crippen molar-refractivity contribution in [1.82, 2.24) is 29.7 Å². The van der Waals surface area contributed by atoms with Gasteiger partial charge in [0.2, 0.25) is 5.95 Å². The summed E-state index contributed by atoms with van der Waals surface area (Å²) in [5, 5.41) is 11.2. The van der Waals surface area contributed by atoms with E-state index in [1.807, 2.05) is 6.07 Å². The maximum Gasteiger partial charge on any atom is 0.229 e. The van der Waals surface area contributed by atoms with E-state index in [4.69, 9.17) is 9.97 Å². The first-order chi connectivity index (χ1) is 13.2. The standard InChI is InChI=1S/C19H16N6S2/c1-11-7-13(12(2)25(11)19-20-10-21-24-19)15-9-26-17(23-15)8-18-22-14-5-3-4-6-16(14)27-18/h3-7,9-10H,8H2,1-2H3,(H,20,21,24). The Morgan fingerprint density at radius 1 is 1.11 bits per heavy atom. The zero-order valence-corrected chi connectivity index (χ0v) is 16.4. The number of hydrogen-bond acceptors (Lipinski definition) is 6. The molecule has 0 aliphatic rings. The maximum absolute atomic E-state index is 4.87. The van der Waals surface area contributed by atoms with Crippen molar-refractivity contribution in [3.05, 3.63) is 63.4 Å². The van der Waals surface area contributed by atoms with Gasteiger partial charge in [-0.15, -0.1) is 22.7 Å². The third-order valence-electron chi connectivity index (χ3n) is 4.51. The smallest absolute Gasteiger partial charge is 0.229 e. The minimum atomic E-state index is 0.723. The Morgan fingerprint density at radius 3 is 2.81 bits per heavy atom. The van der Waals surface area contributed by atoms with Crippen molar-refractivity contribution < 1.29 is 0 Å². The quantitative estimate of drug-likeness (QED) is 0.487. The summed E-state index contributed by atoms with van der Waals surface area (Å²) in [6.07, 6.45) is 2.29. The number of H-pyrrole nitrogens is 1. The van der Waals surface area contributed by atoms with E-state index >= 15 is 0 Å².